The first kappa shape index (κ1) is 15.5. The number of carbonyl (C=O) groups excluding carboxylic acids is 1. The zero-order chi connectivity index (χ0) is 16.1. The Morgan fingerprint density at radius 2 is 2.04 bits per heavy atom. The lowest BCUT2D eigenvalue weighted by Gasteiger charge is -2.14. The molecule has 3 aromatic rings. The van der Waals surface area contributed by atoms with E-state index in [1.807, 2.05) is 23.6 Å². The molecule has 2 heterocycles. The van der Waals surface area contributed by atoms with Crippen LogP contribution in [0.3, 0.4) is 0 Å². The summed E-state index contributed by atoms with van der Waals surface area (Å²) in [6.07, 6.45) is 1.86. The first-order valence-electron chi connectivity index (χ1n) is 7.29. The van der Waals surface area contributed by atoms with Crippen molar-refractivity contribution >= 4 is 17.2 Å². The summed E-state index contributed by atoms with van der Waals surface area (Å²) >= 11 is 1.61. The van der Waals surface area contributed by atoms with Gasteiger partial charge in [0.25, 0.3) is 0 Å². The van der Waals surface area contributed by atoms with Crippen LogP contribution < -0.4 is 5.32 Å². The molecule has 0 spiro atoms. The number of benzene rings is 1. The van der Waals surface area contributed by atoms with Crippen LogP contribution in [0.4, 0.5) is 4.39 Å². The number of rotatable bonds is 6. The predicted molar refractivity (Wildman–Crippen MR) is 88.0 cm³/mol. The summed E-state index contributed by atoms with van der Waals surface area (Å²) < 4.78 is 18.4. The van der Waals surface area contributed by atoms with Gasteiger partial charge in [0.1, 0.15) is 11.6 Å². The number of amides is 1. The summed E-state index contributed by atoms with van der Waals surface area (Å²) in [5.74, 6) is 0.423. The Hall–Kier alpha value is -2.40. The van der Waals surface area contributed by atoms with Crippen molar-refractivity contribution in [3.63, 3.8) is 0 Å². The van der Waals surface area contributed by atoms with Crippen LogP contribution in [0.15, 0.2) is 63.9 Å². The molecule has 1 atom stereocenters. The quantitative estimate of drug-likeness (QED) is 0.743. The first-order chi connectivity index (χ1) is 11.2. The van der Waals surface area contributed by atoms with E-state index in [0.29, 0.717) is 6.54 Å². The number of halogens is 1. The maximum atomic E-state index is 12.9. The minimum absolute atomic E-state index is 0.00609. The molecular formula is C18H16FNO2S. The van der Waals surface area contributed by atoms with Crippen molar-refractivity contribution < 1.29 is 13.6 Å². The number of carbonyl (C=O) groups is 1. The lowest BCUT2D eigenvalue weighted by molar-refractivity contribution is -0.120. The second-order valence-corrected chi connectivity index (χ2v) is 6.01. The second-order valence-electron chi connectivity index (χ2n) is 5.23. The topological polar surface area (TPSA) is 42.2 Å². The summed E-state index contributed by atoms with van der Waals surface area (Å²) in [4.78, 5) is 12.1. The molecule has 1 N–H and O–H groups in total. The summed E-state index contributed by atoms with van der Waals surface area (Å²) in [7, 11) is 0. The van der Waals surface area contributed by atoms with Gasteiger partial charge in [-0.1, -0.05) is 12.1 Å². The van der Waals surface area contributed by atoms with Gasteiger partial charge in [-0.25, -0.2) is 4.39 Å². The maximum absolute atomic E-state index is 12.9. The van der Waals surface area contributed by atoms with E-state index in [-0.39, 0.29) is 24.1 Å². The highest BCUT2D eigenvalue weighted by Crippen LogP contribution is 2.26. The van der Waals surface area contributed by atoms with E-state index in [4.69, 9.17) is 4.42 Å². The van der Waals surface area contributed by atoms with E-state index in [9.17, 15) is 9.18 Å². The molecule has 3 rings (SSSR count). The number of furan rings is 1. The molecule has 0 saturated carbocycles. The van der Waals surface area contributed by atoms with Crippen molar-refractivity contribution in [3.05, 3.63) is 82.2 Å². The predicted octanol–water partition coefficient (Wildman–Crippen LogP) is 3.97. The molecule has 118 valence electrons. The van der Waals surface area contributed by atoms with E-state index in [2.05, 4.69) is 10.7 Å². The molecule has 0 bridgehead atoms. The molecular weight excluding hydrogens is 313 g/mol. The highest BCUT2D eigenvalue weighted by Gasteiger charge is 2.18. The van der Waals surface area contributed by atoms with Crippen molar-refractivity contribution in [2.75, 3.05) is 6.54 Å². The minimum Gasteiger partial charge on any atom is -0.469 e. The molecule has 0 radical (unpaired) electrons. The highest BCUT2D eigenvalue weighted by molar-refractivity contribution is 7.08. The van der Waals surface area contributed by atoms with Crippen LogP contribution in [0.2, 0.25) is 0 Å². The summed E-state index contributed by atoms with van der Waals surface area (Å²) in [5, 5.41) is 6.99. The van der Waals surface area contributed by atoms with Crippen LogP contribution in [-0.2, 0) is 11.2 Å². The lowest BCUT2D eigenvalue weighted by Crippen LogP contribution is -2.29. The van der Waals surface area contributed by atoms with Crippen molar-refractivity contribution in [1.82, 2.24) is 5.32 Å². The fraction of sp³-hybridized carbons (Fsp3) is 0.167. The molecule has 1 amide bonds. The Labute approximate surface area is 137 Å². The van der Waals surface area contributed by atoms with Crippen LogP contribution in [0.1, 0.15) is 22.8 Å². The number of hydrogen-bond acceptors (Lipinski definition) is 3. The first-order valence-corrected chi connectivity index (χ1v) is 8.23. The second kappa shape index (κ2) is 7.24. The summed E-state index contributed by atoms with van der Waals surface area (Å²) in [5.41, 5.74) is 1.90. The van der Waals surface area contributed by atoms with E-state index in [1.165, 1.54) is 12.1 Å². The summed E-state index contributed by atoms with van der Waals surface area (Å²) in [6, 6.07) is 11.8. The smallest absolute Gasteiger partial charge is 0.224 e. The monoisotopic (exact) mass is 329 g/mol. The highest BCUT2D eigenvalue weighted by atomic mass is 32.1. The lowest BCUT2D eigenvalue weighted by atomic mass is 9.99. The molecule has 1 aromatic carbocycles. The van der Waals surface area contributed by atoms with Gasteiger partial charge < -0.3 is 9.73 Å². The van der Waals surface area contributed by atoms with Crippen molar-refractivity contribution in [1.29, 1.82) is 0 Å². The molecule has 5 heteroatoms. The Bertz CT molecular complexity index is 702. The summed E-state index contributed by atoms with van der Waals surface area (Å²) in [6.45, 7) is 0.463. The average Bonchev–Trinajstić information content (AvgIpc) is 3.24. The van der Waals surface area contributed by atoms with Crippen molar-refractivity contribution in [3.8, 4) is 0 Å². The minimum atomic E-state index is -0.301. The molecule has 23 heavy (non-hydrogen) atoms. The Balaban J connectivity index is 1.62. The van der Waals surface area contributed by atoms with Gasteiger partial charge in [0.05, 0.1) is 18.6 Å². The van der Waals surface area contributed by atoms with Crippen LogP contribution in [0.25, 0.3) is 0 Å². The van der Waals surface area contributed by atoms with Crippen molar-refractivity contribution in [2.45, 2.75) is 12.3 Å². The van der Waals surface area contributed by atoms with Gasteiger partial charge in [-0.2, -0.15) is 11.3 Å². The number of nitrogens with one attached hydrogen (secondary N) is 1. The third kappa shape index (κ3) is 4.07. The zero-order valence-corrected chi connectivity index (χ0v) is 13.2. The average molecular weight is 329 g/mol. The largest absolute Gasteiger partial charge is 0.469 e. The Morgan fingerprint density at radius 3 is 2.70 bits per heavy atom. The molecule has 0 aliphatic heterocycles. The molecule has 0 fully saturated rings. The van der Waals surface area contributed by atoms with E-state index in [1.54, 1.807) is 29.7 Å². The molecule has 0 aliphatic carbocycles. The van der Waals surface area contributed by atoms with Crippen LogP contribution in [0.5, 0.6) is 0 Å². The normalized spacial score (nSPS) is 12.0. The van der Waals surface area contributed by atoms with Gasteiger partial charge in [0, 0.05) is 6.54 Å². The Morgan fingerprint density at radius 1 is 1.22 bits per heavy atom. The van der Waals surface area contributed by atoms with Gasteiger partial charge >= 0.3 is 0 Å². The molecule has 0 aliphatic rings. The number of thiophene rings is 1. The van der Waals surface area contributed by atoms with Gasteiger partial charge in [0.15, 0.2) is 0 Å². The number of hydrogen-bond donors (Lipinski definition) is 1. The van der Waals surface area contributed by atoms with Gasteiger partial charge in [-0.15, -0.1) is 0 Å². The van der Waals surface area contributed by atoms with Gasteiger partial charge in [-0.05, 0) is 52.2 Å². The molecule has 2 aromatic heterocycles. The third-order valence-electron chi connectivity index (χ3n) is 3.61. The fourth-order valence-electron chi connectivity index (χ4n) is 2.41. The molecule has 1 unspecified atom stereocenters. The van der Waals surface area contributed by atoms with E-state index in [0.717, 1.165) is 16.9 Å². The van der Waals surface area contributed by atoms with Gasteiger partial charge in [-0.3, -0.25) is 4.79 Å². The maximum Gasteiger partial charge on any atom is 0.224 e. The molecule has 3 nitrogen and oxygen atoms in total. The fourth-order valence-corrected chi connectivity index (χ4v) is 3.13. The van der Waals surface area contributed by atoms with Crippen LogP contribution in [0, 0.1) is 5.82 Å². The van der Waals surface area contributed by atoms with Crippen LogP contribution >= 0.6 is 11.3 Å². The Kier molecular flexibility index (Phi) is 4.88. The molecule has 0 saturated heterocycles. The van der Waals surface area contributed by atoms with Crippen molar-refractivity contribution in [2.24, 2.45) is 0 Å². The standard InChI is InChI=1S/C18H16FNO2S/c19-15-5-3-13(4-6-15)10-18(21)20-11-16(14-7-9-23-12-14)17-2-1-8-22-17/h1-9,12,16H,10-11H2,(H,20,21). The van der Waals surface area contributed by atoms with Crippen LogP contribution in [-0.4, -0.2) is 12.5 Å². The van der Waals surface area contributed by atoms with E-state index >= 15 is 0 Å². The zero-order valence-electron chi connectivity index (χ0n) is 12.4. The van der Waals surface area contributed by atoms with Gasteiger partial charge in [0.2, 0.25) is 5.91 Å². The SMILES string of the molecule is O=C(Cc1ccc(F)cc1)NCC(c1ccsc1)c1ccco1. The third-order valence-corrected chi connectivity index (χ3v) is 4.31. The van der Waals surface area contributed by atoms with E-state index < -0.39 is 0 Å².